The van der Waals surface area contributed by atoms with E-state index in [-0.39, 0.29) is 24.9 Å². The zero-order chi connectivity index (χ0) is 21.9. The molecule has 1 N–H and O–H groups in total. The first-order valence-electron chi connectivity index (χ1n) is 9.38. The van der Waals surface area contributed by atoms with Crippen LogP contribution in [0.3, 0.4) is 0 Å². The second-order valence-corrected chi connectivity index (χ2v) is 7.42. The Balaban J connectivity index is 1.90. The van der Waals surface area contributed by atoms with Gasteiger partial charge < -0.3 is 19.5 Å². The molecule has 0 aliphatic heterocycles. The number of nitrogens with one attached hydrogen (secondary N) is 1. The van der Waals surface area contributed by atoms with Crippen molar-refractivity contribution in [3.05, 3.63) is 65.7 Å². The lowest BCUT2D eigenvalue weighted by Gasteiger charge is -2.20. The molecule has 0 bridgehead atoms. The Kier molecular flexibility index (Phi) is 9.59. The van der Waals surface area contributed by atoms with Crippen LogP contribution in [0.2, 0.25) is 0 Å². The number of carbonyl (C=O) groups is 3. The third kappa shape index (κ3) is 8.02. The Labute approximate surface area is 189 Å². The molecular formula is C22H24INO6. The van der Waals surface area contributed by atoms with Crippen LogP contribution in [0.15, 0.2) is 54.6 Å². The van der Waals surface area contributed by atoms with E-state index in [0.29, 0.717) is 10.4 Å². The Morgan fingerprint density at radius 2 is 1.60 bits per heavy atom. The molecule has 2 aromatic rings. The predicted octanol–water partition coefficient (Wildman–Crippen LogP) is 4.02. The van der Waals surface area contributed by atoms with Crippen LogP contribution in [0.25, 0.3) is 0 Å². The van der Waals surface area contributed by atoms with Crippen molar-refractivity contribution in [1.29, 1.82) is 0 Å². The van der Waals surface area contributed by atoms with Crippen LogP contribution in [-0.2, 0) is 32.1 Å². The van der Waals surface area contributed by atoms with Crippen LogP contribution in [0, 0.1) is 5.92 Å². The van der Waals surface area contributed by atoms with Crippen LogP contribution in [0.5, 0.6) is 5.75 Å². The van der Waals surface area contributed by atoms with Crippen LogP contribution in [0.4, 0.5) is 4.79 Å². The van der Waals surface area contributed by atoms with E-state index in [1.54, 1.807) is 38.1 Å². The molecule has 0 heterocycles. The van der Waals surface area contributed by atoms with Gasteiger partial charge in [-0.3, -0.25) is 4.79 Å². The van der Waals surface area contributed by atoms with Crippen molar-refractivity contribution in [1.82, 2.24) is 5.32 Å². The second-order valence-electron chi connectivity index (χ2n) is 6.80. The number of hydrogen-bond donors (Lipinski definition) is 1. The molecule has 0 unspecified atom stereocenters. The highest BCUT2D eigenvalue weighted by Crippen LogP contribution is 2.15. The molecule has 0 spiro atoms. The van der Waals surface area contributed by atoms with Crippen molar-refractivity contribution >= 4 is 40.6 Å². The molecule has 0 aliphatic rings. The monoisotopic (exact) mass is 525 g/mol. The Morgan fingerprint density at radius 3 is 2.20 bits per heavy atom. The van der Waals surface area contributed by atoms with Crippen molar-refractivity contribution in [3.8, 4) is 5.75 Å². The maximum atomic E-state index is 12.5. The predicted molar refractivity (Wildman–Crippen MR) is 119 cm³/mol. The van der Waals surface area contributed by atoms with Gasteiger partial charge in [-0.25, -0.2) is 9.59 Å². The minimum atomic E-state index is -0.869. The fourth-order valence-electron chi connectivity index (χ4n) is 2.52. The number of esters is 2. The first kappa shape index (κ1) is 23.7. The maximum absolute atomic E-state index is 12.5. The third-order valence-corrected chi connectivity index (χ3v) is 4.42. The minimum Gasteiger partial charge on any atom is -0.455 e. The van der Waals surface area contributed by atoms with Gasteiger partial charge in [-0.1, -0.05) is 56.3 Å². The number of rotatable bonds is 9. The summed E-state index contributed by atoms with van der Waals surface area (Å²) in [5.41, 5.74) is 1.59. The molecule has 1 atom stereocenters. The first-order valence-corrected chi connectivity index (χ1v) is 10.9. The summed E-state index contributed by atoms with van der Waals surface area (Å²) in [6, 6.07) is 14.9. The summed E-state index contributed by atoms with van der Waals surface area (Å²) >= 11 is 1.95. The summed E-state index contributed by atoms with van der Waals surface area (Å²) in [5.74, 6) is -0.814. The number of benzene rings is 2. The first-order chi connectivity index (χ1) is 14.4. The van der Waals surface area contributed by atoms with Crippen LogP contribution >= 0.6 is 22.6 Å². The van der Waals surface area contributed by atoms with Gasteiger partial charge in [0.15, 0.2) is 0 Å². The fraction of sp³-hybridized carbons (Fsp3) is 0.318. The molecule has 2 rings (SSSR count). The van der Waals surface area contributed by atoms with Crippen LogP contribution in [0.1, 0.15) is 25.0 Å². The molecule has 7 nitrogen and oxygen atoms in total. The van der Waals surface area contributed by atoms with Gasteiger partial charge in [0.1, 0.15) is 23.0 Å². The van der Waals surface area contributed by atoms with E-state index in [9.17, 15) is 14.4 Å². The molecule has 160 valence electrons. The quantitative estimate of drug-likeness (QED) is 0.230. The van der Waals surface area contributed by atoms with Crippen molar-refractivity contribution in [2.24, 2.45) is 5.92 Å². The number of ether oxygens (including phenoxy) is 3. The maximum Gasteiger partial charge on any atom is 0.408 e. The lowest BCUT2D eigenvalue weighted by Crippen LogP contribution is -2.46. The molecule has 8 heteroatoms. The highest BCUT2D eigenvalue weighted by molar-refractivity contribution is 14.1. The van der Waals surface area contributed by atoms with Gasteiger partial charge in [0.05, 0.1) is 6.42 Å². The number of hydrogen-bond acceptors (Lipinski definition) is 6. The van der Waals surface area contributed by atoms with E-state index in [0.717, 1.165) is 11.1 Å². The molecule has 2 aromatic carbocycles. The highest BCUT2D eigenvalue weighted by atomic mass is 127. The molecule has 0 aliphatic carbocycles. The average Bonchev–Trinajstić information content (AvgIpc) is 2.72. The van der Waals surface area contributed by atoms with E-state index < -0.39 is 18.1 Å². The van der Waals surface area contributed by atoms with Gasteiger partial charge in [-0.05, 0) is 51.8 Å². The number of amides is 1. The van der Waals surface area contributed by atoms with Crippen molar-refractivity contribution in [2.45, 2.75) is 32.9 Å². The van der Waals surface area contributed by atoms with Crippen molar-refractivity contribution < 1.29 is 28.6 Å². The average molecular weight is 525 g/mol. The van der Waals surface area contributed by atoms with Crippen molar-refractivity contribution in [3.63, 3.8) is 0 Å². The molecule has 0 saturated heterocycles. The molecule has 0 aromatic heterocycles. The number of carbonyl (C=O) groups excluding carboxylic acids is 3. The zero-order valence-corrected chi connectivity index (χ0v) is 19.0. The van der Waals surface area contributed by atoms with E-state index >= 15 is 0 Å². The van der Waals surface area contributed by atoms with Gasteiger partial charge in [0.2, 0.25) is 0 Å². The van der Waals surface area contributed by atoms with Gasteiger partial charge >= 0.3 is 18.0 Å². The van der Waals surface area contributed by atoms with E-state index in [4.69, 9.17) is 14.2 Å². The van der Waals surface area contributed by atoms with Crippen LogP contribution < -0.4 is 10.1 Å². The summed E-state index contributed by atoms with van der Waals surface area (Å²) in [6.45, 7) is 3.70. The lowest BCUT2D eigenvalue weighted by molar-refractivity contribution is -0.140. The number of halogens is 1. The van der Waals surface area contributed by atoms with Gasteiger partial charge in [0, 0.05) is 0 Å². The molecule has 1 amide bonds. The Morgan fingerprint density at radius 1 is 0.933 bits per heavy atom. The lowest BCUT2D eigenvalue weighted by atomic mass is 10.1. The minimum absolute atomic E-state index is 0.105. The Bertz CT molecular complexity index is 838. The standard InChI is InChI=1S/C22H24INO6/c1-15(2)20(24-22(27)28-13-17-6-4-3-5-7-17)21(26)30-18-10-8-16(9-11-18)12-19(25)29-14-23/h3-11,15,20H,12-14H2,1-2H3,(H,24,27)/t20-/m0/s1. The summed E-state index contributed by atoms with van der Waals surface area (Å²) in [5, 5.41) is 2.56. The normalized spacial score (nSPS) is 11.5. The van der Waals surface area contributed by atoms with E-state index in [1.165, 1.54) is 0 Å². The molecule has 0 radical (unpaired) electrons. The molecule has 0 fully saturated rings. The number of alkyl halides is 1. The fourth-order valence-corrected chi connectivity index (χ4v) is 2.87. The highest BCUT2D eigenvalue weighted by Gasteiger charge is 2.27. The van der Waals surface area contributed by atoms with E-state index in [1.807, 2.05) is 52.9 Å². The summed E-state index contributed by atoms with van der Waals surface area (Å²) < 4.78 is 15.8. The molecule has 30 heavy (non-hydrogen) atoms. The van der Waals surface area contributed by atoms with Crippen molar-refractivity contribution in [2.75, 3.05) is 4.61 Å². The largest absolute Gasteiger partial charge is 0.455 e. The Hall–Kier alpha value is -2.62. The third-order valence-electron chi connectivity index (χ3n) is 4.11. The SMILES string of the molecule is CC(C)[C@H](NC(=O)OCc1ccccc1)C(=O)Oc1ccc(CC(=O)OCI)cc1. The topological polar surface area (TPSA) is 90.9 Å². The zero-order valence-electron chi connectivity index (χ0n) is 16.8. The van der Waals surface area contributed by atoms with Gasteiger partial charge in [-0.15, -0.1) is 0 Å². The summed E-state index contributed by atoms with van der Waals surface area (Å²) in [7, 11) is 0. The van der Waals surface area contributed by atoms with Gasteiger partial charge in [0.25, 0.3) is 0 Å². The van der Waals surface area contributed by atoms with Gasteiger partial charge in [-0.2, -0.15) is 0 Å². The number of alkyl carbamates (subject to hydrolysis) is 1. The summed E-state index contributed by atoms with van der Waals surface area (Å²) in [6.07, 6.45) is -0.556. The molecule has 0 saturated carbocycles. The van der Waals surface area contributed by atoms with E-state index in [2.05, 4.69) is 5.32 Å². The van der Waals surface area contributed by atoms with Crippen LogP contribution in [-0.4, -0.2) is 28.7 Å². The summed E-state index contributed by atoms with van der Waals surface area (Å²) in [4.78, 5) is 36.2. The smallest absolute Gasteiger partial charge is 0.408 e. The molecular weight excluding hydrogens is 501 g/mol. The second kappa shape index (κ2) is 12.2.